The van der Waals surface area contributed by atoms with Gasteiger partial charge in [0.25, 0.3) is 0 Å². The fourth-order valence-corrected chi connectivity index (χ4v) is 2.92. The lowest BCUT2D eigenvalue weighted by Crippen LogP contribution is -2.06. The third kappa shape index (κ3) is 5.65. The second kappa shape index (κ2) is 10.5. The van der Waals surface area contributed by atoms with Crippen LogP contribution >= 0.6 is 15.9 Å². The van der Waals surface area contributed by atoms with Crippen molar-refractivity contribution in [2.24, 2.45) is 5.10 Å². The van der Waals surface area contributed by atoms with Gasteiger partial charge in [0.05, 0.1) is 38.6 Å². The van der Waals surface area contributed by atoms with Crippen LogP contribution in [-0.4, -0.2) is 34.2 Å². The molecule has 2 aromatic rings. The molecular weight excluding hydrogens is 412 g/mol. The quantitative estimate of drug-likeness (QED) is 0.345. The fourth-order valence-electron chi connectivity index (χ4n) is 2.34. The van der Waals surface area contributed by atoms with Gasteiger partial charge < -0.3 is 24.4 Å². The molecule has 0 aliphatic rings. The minimum absolute atomic E-state index is 0.398. The molecule has 7 heteroatoms. The van der Waals surface area contributed by atoms with Crippen molar-refractivity contribution in [3.8, 4) is 23.0 Å². The second-order valence-corrected chi connectivity index (χ2v) is 6.27. The Hall–Kier alpha value is -2.67. The molecular formula is C20H23BrN2O4. The van der Waals surface area contributed by atoms with Crippen molar-refractivity contribution in [1.82, 2.24) is 5.43 Å². The smallest absolute Gasteiger partial charge is 0.175 e. The number of ether oxygens (including phenoxy) is 4. The molecule has 0 aromatic heterocycles. The molecule has 1 N–H and O–H groups in total. The first kappa shape index (κ1) is 20.6. The monoisotopic (exact) mass is 434 g/mol. The third-order valence-electron chi connectivity index (χ3n) is 3.63. The summed E-state index contributed by atoms with van der Waals surface area (Å²) >= 11 is 3.50. The van der Waals surface area contributed by atoms with Crippen LogP contribution in [0.2, 0.25) is 0 Å². The van der Waals surface area contributed by atoms with E-state index in [9.17, 15) is 0 Å². The third-order valence-corrected chi connectivity index (χ3v) is 4.22. The lowest BCUT2D eigenvalue weighted by atomic mass is 10.2. The first-order valence-electron chi connectivity index (χ1n) is 8.21. The summed E-state index contributed by atoms with van der Waals surface area (Å²) in [6, 6.07) is 9.48. The van der Waals surface area contributed by atoms with Crippen molar-refractivity contribution >= 4 is 22.1 Å². The van der Waals surface area contributed by atoms with Crippen molar-refractivity contribution in [3.63, 3.8) is 0 Å². The van der Waals surface area contributed by atoms with Gasteiger partial charge >= 0.3 is 0 Å². The summed E-state index contributed by atoms with van der Waals surface area (Å²) in [6.45, 7) is 4.60. The Bertz CT molecular complexity index is 809. The summed E-state index contributed by atoms with van der Waals surface area (Å²) in [5.41, 5.74) is 4.91. The van der Waals surface area contributed by atoms with E-state index in [1.807, 2.05) is 30.3 Å². The zero-order chi connectivity index (χ0) is 19.6. The molecule has 0 saturated heterocycles. The SMILES string of the molecule is C=CCOc1c(Br)cc(/C=N/NCc2ccc(OC)c(OC)c2)cc1OC. The Labute approximate surface area is 167 Å². The van der Waals surface area contributed by atoms with E-state index in [1.165, 1.54) is 0 Å². The van der Waals surface area contributed by atoms with Gasteiger partial charge in [-0.1, -0.05) is 18.7 Å². The zero-order valence-electron chi connectivity index (χ0n) is 15.6. The van der Waals surface area contributed by atoms with E-state index in [0.717, 1.165) is 15.6 Å². The molecule has 0 unspecified atom stereocenters. The average molecular weight is 435 g/mol. The van der Waals surface area contributed by atoms with Crippen LogP contribution in [-0.2, 0) is 6.54 Å². The number of benzene rings is 2. The Morgan fingerprint density at radius 2 is 1.78 bits per heavy atom. The van der Waals surface area contributed by atoms with Crippen LogP contribution in [0.3, 0.4) is 0 Å². The predicted molar refractivity (Wildman–Crippen MR) is 110 cm³/mol. The summed E-state index contributed by atoms with van der Waals surface area (Å²) < 4.78 is 22.3. The first-order chi connectivity index (χ1) is 13.1. The van der Waals surface area contributed by atoms with E-state index >= 15 is 0 Å². The van der Waals surface area contributed by atoms with Gasteiger partial charge in [-0.2, -0.15) is 5.10 Å². The fraction of sp³-hybridized carbons (Fsp3) is 0.250. The first-order valence-corrected chi connectivity index (χ1v) is 9.00. The van der Waals surface area contributed by atoms with E-state index in [-0.39, 0.29) is 0 Å². The Morgan fingerprint density at radius 1 is 1.04 bits per heavy atom. The Morgan fingerprint density at radius 3 is 2.44 bits per heavy atom. The molecule has 0 spiro atoms. The molecule has 0 amide bonds. The molecule has 0 aliphatic carbocycles. The lowest BCUT2D eigenvalue weighted by Gasteiger charge is -2.12. The Kier molecular flexibility index (Phi) is 8.00. The minimum atomic E-state index is 0.398. The summed E-state index contributed by atoms with van der Waals surface area (Å²) in [4.78, 5) is 0. The molecule has 0 bridgehead atoms. The van der Waals surface area contributed by atoms with E-state index in [2.05, 4.69) is 33.0 Å². The van der Waals surface area contributed by atoms with Gasteiger partial charge in [-0.3, -0.25) is 0 Å². The average Bonchev–Trinajstić information content (AvgIpc) is 2.69. The summed E-state index contributed by atoms with van der Waals surface area (Å²) in [6.07, 6.45) is 3.39. The van der Waals surface area contributed by atoms with Crippen LogP contribution in [0, 0.1) is 0 Å². The number of hydrazone groups is 1. The highest BCUT2D eigenvalue weighted by Gasteiger charge is 2.10. The molecule has 0 fully saturated rings. The van der Waals surface area contributed by atoms with Gasteiger partial charge in [0, 0.05) is 0 Å². The summed E-state index contributed by atoms with van der Waals surface area (Å²) in [5.74, 6) is 2.63. The van der Waals surface area contributed by atoms with Crippen LogP contribution in [0.15, 0.2) is 52.6 Å². The number of methoxy groups -OCH3 is 3. The van der Waals surface area contributed by atoms with E-state index < -0.39 is 0 Å². The van der Waals surface area contributed by atoms with E-state index in [0.29, 0.717) is 36.1 Å². The van der Waals surface area contributed by atoms with Crippen molar-refractivity contribution in [1.29, 1.82) is 0 Å². The highest BCUT2D eigenvalue weighted by molar-refractivity contribution is 9.10. The topological polar surface area (TPSA) is 61.3 Å². The zero-order valence-corrected chi connectivity index (χ0v) is 17.2. The summed E-state index contributed by atoms with van der Waals surface area (Å²) in [5, 5.41) is 4.26. The van der Waals surface area contributed by atoms with Gasteiger partial charge in [0.15, 0.2) is 23.0 Å². The maximum atomic E-state index is 5.61. The van der Waals surface area contributed by atoms with Crippen molar-refractivity contribution in [2.75, 3.05) is 27.9 Å². The number of nitrogens with one attached hydrogen (secondary N) is 1. The van der Waals surface area contributed by atoms with E-state index in [4.69, 9.17) is 18.9 Å². The molecule has 2 aromatic carbocycles. The van der Waals surface area contributed by atoms with Crippen molar-refractivity contribution in [3.05, 3.63) is 58.6 Å². The molecule has 0 radical (unpaired) electrons. The maximum absolute atomic E-state index is 5.61. The number of rotatable bonds is 10. The van der Waals surface area contributed by atoms with Crippen LogP contribution in [0.1, 0.15) is 11.1 Å². The van der Waals surface area contributed by atoms with Gasteiger partial charge in [-0.05, 0) is 51.3 Å². The second-order valence-electron chi connectivity index (χ2n) is 5.42. The molecule has 27 heavy (non-hydrogen) atoms. The van der Waals surface area contributed by atoms with Crippen LogP contribution in [0.25, 0.3) is 0 Å². The number of nitrogens with zero attached hydrogens (tertiary/aromatic N) is 1. The van der Waals surface area contributed by atoms with Gasteiger partial charge in [-0.25, -0.2) is 0 Å². The van der Waals surface area contributed by atoms with Crippen molar-refractivity contribution < 1.29 is 18.9 Å². The summed E-state index contributed by atoms with van der Waals surface area (Å²) in [7, 11) is 4.82. The highest BCUT2D eigenvalue weighted by atomic mass is 79.9. The number of hydrogen-bond acceptors (Lipinski definition) is 6. The largest absolute Gasteiger partial charge is 0.493 e. The number of halogens is 1. The standard InChI is InChI=1S/C20H23BrN2O4/c1-5-8-27-20-16(21)9-15(11-19(20)26-4)13-23-22-12-14-6-7-17(24-2)18(10-14)25-3/h5-7,9-11,13,22H,1,8,12H2,2-4H3/b23-13+. The van der Waals surface area contributed by atoms with Crippen LogP contribution in [0.5, 0.6) is 23.0 Å². The van der Waals surface area contributed by atoms with Crippen LogP contribution < -0.4 is 24.4 Å². The predicted octanol–water partition coefficient (Wildman–Crippen LogP) is 4.16. The molecule has 0 aliphatic heterocycles. The van der Waals surface area contributed by atoms with Gasteiger partial charge in [0.1, 0.15) is 6.61 Å². The lowest BCUT2D eigenvalue weighted by molar-refractivity contribution is 0.324. The molecule has 6 nitrogen and oxygen atoms in total. The highest BCUT2D eigenvalue weighted by Crippen LogP contribution is 2.36. The number of hydrogen-bond donors (Lipinski definition) is 1. The van der Waals surface area contributed by atoms with Gasteiger partial charge in [-0.15, -0.1) is 0 Å². The normalized spacial score (nSPS) is 10.5. The minimum Gasteiger partial charge on any atom is -0.493 e. The van der Waals surface area contributed by atoms with Gasteiger partial charge in [0.2, 0.25) is 0 Å². The molecule has 2 rings (SSSR count). The van der Waals surface area contributed by atoms with E-state index in [1.54, 1.807) is 33.6 Å². The molecule has 0 atom stereocenters. The molecule has 144 valence electrons. The molecule has 0 saturated carbocycles. The van der Waals surface area contributed by atoms with Crippen molar-refractivity contribution in [2.45, 2.75) is 6.54 Å². The Balaban J connectivity index is 2.04. The molecule has 0 heterocycles. The van der Waals surface area contributed by atoms with Crippen LogP contribution in [0.4, 0.5) is 0 Å². The maximum Gasteiger partial charge on any atom is 0.175 e.